The van der Waals surface area contributed by atoms with Gasteiger partial charge in [0.1, 0.15) is 5.75 Å². The van der Waals surface area contributed by atoms with Crippen LogP contribution in [-0.2, 0) is 6.42 Å². The molecule has 0 amide bonds. The van der Waals surface area contributed by atoms with Crippen LogP contribution in [0.25, 0.3) is 0 Å². The van der Waals surface area contributed by atoms with Crippen LogP contribution in [0.2, 0.25) is 0 Å². The summed E-state index contributed by atoms with van der Waals surface area (Å²) >= 11 is 0. The van der Waals surface area contributed by atoms with E-state index in [2.05, 4.69) is 13.0 Å². The number of unbranched alkanes of at least 4 members (excludes halogenated alkanes) is 1. The van der Waals surface area contributed by atoms with Crippen LogP contribution in [0.15, 0.2) is 18.2 Å². The highest BCUT2D eigenvalue weighted by molar-refractivity contribution is 5.37. The Morgan fingerprint density at radius 1 is 1.40 bits per heavy atom. The van der Waals surface area contributed by atoms with Gasteiger partial charge in [0.25, 0.3) is 0 Å². The molecular weight excluding hydrogens is 186 g/mol. The first-order valence-corrected chi connectivity index (χ1v) is 5.37. The number of nitrogens with zero attached hydrogens (tertiary/aromatic N) is 1. The molecule has 2 heteroatoms. The second-order valence-corrected chi connectivity index (χ2v) is 3.64. The van der Waals surface area contributed by atoms with Crippen LogP contribution in [0.5, 0.6) is 5.75 Å². The fraction of sp³-hybridized carbons (Fsp3) is 0.462. The van der Waals surface area contributed by atoms with Crippen LogP contribution >= 0.6 is 0 Å². The van der Waals surface area contributed by atoms with E-state index in [0.29, 0.717) is 6.42 Å². The van der Waals surface area contributed by atoms with Crippen molar-refractivity contribution in [3.05, 3.63) is 29.3 Å². The molecule has 1 aromatic rings. The summed E-state index contributed by atoms with van der Waals surface area (Å²) in [4.78, 5) is 0. The van der Waals surface area contributed by atoms with E-state index >= 15 is 0 Å². The minimum atomic E-state index is 0.449. The van der Waals surface area contributed by atoms with Gasteiger partial charge in [0.15, 0.2) is 0 Å². The van der Waals surface area contributed by atoms with Crippen LogP contribution in [0.3, 0.4) is 0 Å². The molecule has 0 unspecified atom stereocenters. The van der Waals surface area contributed by atoms with Crippen molar-refractivity contribution in [3.8, 4) is 11.8 Å². The third-order valence-corrected chi connectivity index (χ3v) is 2.29. The standard InChI is InChI=1S/C13H17NO/c1-3-4-9-15-13-10-12(7-8-14)6-5-11(13)2/h5-6,10H,3-4,7,9H2,1-2H3. The monoisotopic (exact) mass is 203 g/mol. The highest BCUT2D eigenvalue weighted by Gasteiger charge is 2.01. The Morgan fingerprint density at radius 3 is 2.87 bits per heavy atom. The molecule has 0 aliphatic rings. The van der Waals surface area contributed by atoms with Crippen molar-refractivity contribution in [2.75, 3.05) is 6.61 Å². The maximum absolute atomic E-state index is 8.60. The molecule has 0 atom stereocenters. The molecule has 0 saturated carbocycles. The number of benzene rings is 1. The smallest absolute Gasteiger partial charge is 0.122 e. The molecule has 1 rings (SSSR count). The van der Waals surface area contributed by atoms with E-state index in [1.54, 1.807) is 0 Å². The normalized spacial score (nSPS) is 9.67. The summed E-state index contributed by atoms with van der Waals surface area (Å²) < 4.78 is 5.65. The predicted octanol–water partition coefficient (Wildman–Crippen LogP) is 3.24. The van der Waals surface area contributed by atoms with E-state index in [1.165, 1.54) is 0 Å². The molecule has 1 aromatic carbocycles. The van der Waals surface area contributed by atoms with Crippen molar-refractivity contribution >= 4 is 0 Å². The summed E-state index contributed by atoms with van der Waals surface area (Å²) in [7, 11) is 0. The van der Waals surface area contributed by atoms with Crippen LogP contribution in [-0.4, -0.2) is 6.61 Å². The molecule has 15 heavy (non-hydrogen) atoms. The average molecular weight is 203 g/mol. The van der Waals surface area contributed by atoms with Gasteiger partial charge in [-0.3, -0.25) is 0 Å². The van der Waals surface area contributed by atoms with Crippen molar-refractivity contribution < 1.29 is 4.74 Å². The van der Waals surface area contributed by atoms with E-state index < -0.39 is 0 Å². The van der Waals surface area contributed by atoms with E-state index in [1.807, 2.05) is 25.1 Å². The Morgan fingerprint density at radius 2 is 2.20 bits per heavy atom. The third-order valence-electron chi connectivity index (χ3n) is 2.29. The lowest BCUT2D eigenvalue weighted by atomic mass is 10.1. The zero-order chi connectivity index (χ0) is 11.1. The van der Waals surface area contributed by atoms with E-state index in [-0.39, 0.29) is 0 Å². The Labute approximate surface area is 91.5 Å². The van der Waals surface area contributed by atoms with Crippen molar-refractivity contribution in [3.63, 3.8) is 0 Å². The number of hydrogen-bond acceptors (Lipinski definition) is 2. The zero-order valence-electron chi connectivity index (χ0n) is 9.42. The molecule has 0 aliphatic heterocycles. The topological polar surface area (TPSA) is 33.0 Å². The Kier molecular flexibility index (Phi) is 4.70. The van der Waals surface area contributed by atoms with Crippen molar-refractivity contribution in [2.45, 2.75) is 33.1 Å². The average Bonchev–Trinajstić information content (AvgIpc) is 2.23. The van der Waals surface area contributed by atoms with Gasteiger partial charge < -0.3 is 4.74 Å². The summed E-state index contributed by atoms with van der Waals surface area (Å²) in [6.45, 7) is 4.92. The first-order chi connectivity index (χ1) is 7.27. The molecule has 0 spiro atoms. The number of nitriles is 1. The summed E-state index contributed by atoms with van der Waals surface area (Å²) in [5.41, 5.74) is 2.15. The molecule has 0 radical (unpaired) electrons. The fourth-order valence-corrected chi connectivity index (χ4v) is 1.33. The maximum Gasteiger partial charge on any atom is 0.122 e. The molecule has 0 heterocycles. The van der Waals surface area contributed by atoms with Crippen LogP contribution in [0.4, 0.5) is 0 Å². The molecule has 0 saturated heterocycles. The molecule has 80 valence electrons. The second-order valence-electron chi connectivity index (χ2n) is 3.64. The zero-order valence-corrected chi connectivity index (χ0v) is 9.42. The van der Waals surface area contributed by atoms with Gasteiger partial charge in [0, 0.05) is 0 Å². The number of hydrogen-bond donors (Lipinski definition) is 0. The Balaban J connectivity index is 2.68. The fourth-order valence-electron chi connectivity index (χ4n) is 1.33. The molecule has 0 aliphatic carbocycles. The number of aryl methyl sites for hydroxylation is 1. The molecule has 0 fully saturated rings. The molecular formula is C13H17NO. The van der Waals surface area contributed by atoms with Gasteiger partial charge in [-0.1, -0.05) is 25.5 Å². The van der Waals surface area contributed by atoms with Gasteiger partial charge in [-0.15, -0.1) is 0 Å². The highest BCUT2D eigenvalue weighted by Crippen LogP contribution is 2.20. The third kappa shape index (κ3) is 3.63. The predicted molar refractivity (Wildman–Crippen MR) is 60.9 cm³/mol. The second kappa shape index (κ2) is 6.08. The highest BCUT2D eigenvalue weighted by atomic mass is 16.5. The van der Waals surface area contributed by atoms with Crippen LogP contribution in [0, 0.1) is 18.3 Å². The Bertz CT molecular complexity index is 352. The van der Waals surface area contributed by atoms with E-state index in [4.69, 9.17) is 10.00 Å². The summed E-state index contributed by atoms with van der Waals surface area (Å²) in [5, 5.41) is 8.60. The van der Waals surface area contributed by atoms with E-state index in [0.717, 1.165) is 36.3 Å². The summed E-state index contributed by atoms with van der Waals surface area (Å²) in [5.74, 6) is 0.913. The van der Waals surface area contributed by atoms with Crippen molar-refractivity contribution in [1.29, 1.82) is 5.26 Å². The van der Waals surface area contributed by atoms with Crippen LogP contribution in [0.1, 0.15) is 30.9 Å². The lowest BCUT2D eigenvalue weighted by molar-refractivity contribution is 0.307. The quantitative estimate of drug-likeness (QED) is 0.688. The lowest BCUT2D eigenvalue weighted by Gasteiger charge is -2.09. The lowest BCUT2D eigenvalue weighted by Crippen LogP contribution is -1.98. The van der Waals surface area contributed by atoms with E-state index in [9.17, 15) is 0 Å². The summed E-state index contributed by atoms with van der Waals surface area (Å²) in [6.07, 6.45) is 2.66. The summed E-state index contributed by atoms with van der Waals surface area (Å²) in [6, 6.07) is 8.09. The minimum absolute atomic E-state index is 0.449. The van der Waals surface area contributed by atoms with Crippen LogP contribution < -0.4 is 4.74 Å². The maximum atomic E-state index is 8.60. The molecule has 2 nitrogen and oxygen atoms in total. The largest absolute Gasteiger partial charge is 0.493 e. The van der Waals surface area contributed by atoms with Gasteiger partial charge in [-0.05, 0) is 30.5 Å². The molecule has 0 N–H and O–H groups in total. The van der Waals surface area contributed by atoms with Gasteiger partial charge >= 0.3 is 0 Å². The van der Waals surface area contributed by atoms with Crippen molar-refractivity contribution in [1.82, 2.24) is 0 Å². The van der Waals surface area contributed by atoms with Gasteiger partial charge in [0.2, 0.25) is 0 Å². The number of ether oxygens (including phenoxy) is 1. The minimum Gasteiger partial charge on any atom is -0.493 e. The Hall–Kier alpha value is -1.49. The SMILES string of the molecule is CCCCOc1cc(CC#N)ccc1C. The number of rotatable bonds is 5. The first kappa shape index (κ1) is 11.6. The van der Waals surface area contributed by atoms with Gasteiger partial charge in [-0.2, -0.15) is 5.26 Å². The van der Waals surface area contributed by atoms with Gasteiger partial charge in [-0.25, -0.2) is 0 Å². The molecule has 0 aromatic heterocycles. The van der Waals surface area contributed by atoms with Crippen molar-refractivity contribution in [2.24, 2.45) is 0 Å². The molecule has 0 bridgehead atoms. The first-order valence-electron chi connectivity index (χ1n) is 5.37. The van der Waals surface area contributed by atoms with Gasteiger partial charge in [0.05, 0.1) is 19.1 Å².